The average molecular weight is 501 g/mol. The van der Waals surface area contributed by atoms with E-state index in [0.717, 1.165) is 45.2 Å². The summed E-state index contributed by atoms with van der Waals surface area (Å²) in [5.74, 6) is 0.585. The standard InChI is InChI=1S/C23H37ClN4O4S/c1-16(2)13-21(25)23(29)27-17-5-3-4-12-28(15-17)33(30,31)19-6-7-22(20(24)14-19)32-18-8-10-26-11-9-18/h6-7,14,16-18,21,26H,3-5,8-13,15,25H2,1-2H3,(H,27,29)/t17?,21-/m0/s1. The summed E-state index contributed by atoms with van der Waals surface area (Å²) >= 11 is 6.41. The number of ether oxygens (including phenoxy) is 1. The zero-order chi connectivity index (χ0) is 24.0. The molecule has 2 saturated heterocycles. The number of carbonyl (C=O) groups excluding carboxylic acids is 1. The van der Waals surface area contributed by atoms with E-state index >= 15 is 0 Å². The molecule has 2 aliphatic heterocycles. The molecule has 0 bridgehead atoms. The molecule has 0 spiro atoms. The van der Waals surface area contributed by atoms with Gasteiger partial charge >= 0.3 is 0 Å². The number of amides is 1. The quantitative estimate of drug-likeness (QED) is 0.505. The van der Waals surface area contributed by atoms with Crippen molar-refractivity contribution in [3.63, 3.8) is 0 Å². The Morgan fingerprint density at radius 1 is 1.27 bits per heavy atom. The number of nitrogens with zero attached hydrogens (tertiary/aromatic N) is 1. The van der Waals surface area contributed by atoms with Crippen molar-refractivity contribution in [1.82, 2.24) is 14.9 Å². The molecule has 1 amide bonds. The largest absolute Gasteiger partial charge is 0.489 e. The molecule has 1 aromatic carbocycles. The van der Waals surface area contributed by atoms with E-state index in [4.69, 9.17) is 22.1 Å². The fourth-order valence-corrected chi connectivity index (χ4v) is 6.19. The summed E-state index contributed by atoms with van der Waals surface area (Å²) in [5.41, 5.74) is 6.01. The van der Waals surface area contributed by atoms with Crippen molar-refractivity contribution in [3.05, 3.63) is 23.2 Å². The highest BCUT2D eigenvalue weighted by Gasteiger charge is 2.31. The van der Waals surface area contributed by atoms with Crippen LogP contribution >= 0.6 is 11.6 Å². The van der Waals surface area contributed by atoms with Crippen LogP contribution in [0, 0.1) is 5.92 Å². The zero-order valence-corrected chi connectivity index (χ0v) is 21.1. The first-order chi connectivity index (χ1) is 15.7. The number of rotatable bonds is 8. The second kappa shape index (κ2) is 11.8. The molecular formula is C23H37ClN4O4S. The van der Waals surface area contributed by atoms with E-state index in [1.54, 1.807) is 12.1 Å². The summed E-state index contributed by atoms with van der Waals surface area (Å²) in [6.45, 7) is 6.43. The van der Waals surface area contributed by atoms with Crippen LogP contribution in [0.5, 0.6) is 5.75 Å². The molecular weight excluding hydrogens is 464 g/mol. The van der Waals surface area contributed by atoms with E-state index in [1.165, 1.54) is 10.4 Å². The van der Waals surface area contributed by atoms with E-state index in [1.807, 2.05) is 13.8 Å². The van der Waals surface area contributed by atoms with Crippen molar-refractivity contribution in [2.24, 2.45) is 11.7 Å². The van der Waals surface area contributed by atoms with Gasteiger partial charge in [0.05, 0.1) is 16.0 Å². The predicted octanol–water partition coefficient (Wildman–Crippen LogP) is 2.50. The van der Waals surface area contributed by atoms with Crippen molar-refractivity contribution in [2.75, 3.05) is 26.2 Å². The molecule has 4 N–H and O–H groups in total. The first-order valence-corrected chi connectivity index (χ1v) is 13.7. The minimum Gasteiger partial charge on any atom is -0.489 e. The van der Waals surface area contributed by atoms with Crippen molar-refractivity contribution >= 4 is 27.5 Å². The van der Waals surface area contributed by atoms with Crippen LogP contribution in [0.1, 0.15) is 52.4 Å². The summed E-state index contributed by atoms with van der Waals surface area (Å²) < 4.78 is 34.2. The van der Waals surface area contributed by atoms with Gasteiger partial charge in [0.25, 0.3) is 0 Å². The number of carbonyl (C=O) groups is 1. The van der Waals surface area contributed by atoms with Gasteiger partial charge in [0, 0.05) is 19.1 Å². The van der Waals surface area contributed by atoms with Crippen molar-refractivity contribution in [1.29, 1.82) is 0 Å². The van der Waals surface area contributed by atoms with E-state index in [-0.39, 0.29) is 34.5 Å². The first kappa shape index (κ1) is 26.2. The minimum absolute atomic E-state index is 0.0725. The Kier molecular flexibility index (Phi) is 9.41. The van der Waals surface area contributed by atoms with Gasteiger partial charge in [0.15, 0.2) is 0 Å². The van der Waals surface area contributed by atoms with Crippen LogP contribution in [-0.2, 0) is 14.8 Å². The van der Waals surface area contributed by atoms with Gasteiger partial charge in [0.1, 0.15) is 11.9 Å². The van der Waals surface area contributed by atoms with Crippen LogP contribution in [-0.4, -0.2) is 63.0 Å². The number of nitrogens with one attached hydrogen (secondary N) is 2. The Morgan fingerprint density at radius 3 is 2.67 bits per heavy atom. The number of sulfonamides is 1. The Balaban J connectivity index is 1.68. The van der Waals surface area contributed by atoms with Crippen LogP contribution in [0.4, 0.5) is 0 Å². The molecule has 2 fully saturated rings. The molecule has 1 aromatic rings. The highest BCUT2D eigenvalue weighted by Crippen LogP contribution is 2.31. The summed E-state index contributed by atoms with van der Waals surface area (Å²) in [6.07, 6.45) is 4.72. The Morgan fingerprint density at radius 2 is 2.00 bits per heavy atom. The van der Waals surface area contributed by atoms with Crippen molar-refractivity contribution in [3.8, 4) is 5.75 Å². The molecule has 0 radical (unpaired) electrons. The third-order valence-corrected chi connectivity index (χ3v) is 8.32. The van der Waals surface area contributed by atoms with Gasteiger partial charge in [-0.1, -0.05) is 31.9 Å². The number of nitrogens with two attached hydrogens (primary N) is 1. The number of halogens is 1. The normalized spacial score (nSPS) is 22.0. The molecule has 8 nitrogen and oxygen atoms in total. The summed E-state index contributed by atoms with van der Waals surface area (Å²) in [5, 5.41) is 6.53. The summed E-state index contributed by atoms with van der Waals surface area (Å²) in [4.78, 5) is 12.6. The monoisotopic (exact) mass is 500 g/mol. The van der Waals surface area contributed by atoms with Gasteiger partial charge in [-0.25, -0.2) is 8.42 Å². The topological polar surface area (TPSA) is 114 Å². The molecule has 2 atom stereocenters. The van der Waals surface area contributed by atoms with Crippen LogP contribution < -0.4 is 21.1 Å². The molecule has 186 valence electrons. The fraction of sp³-hybridized carbons (Fsp3) is 0.696. The van der Waals surface area contributed by atoms with Gasteiger partial charge in [-0.2, -0.15) is 4.31 Å². The lowest BCUT2D eigenvalue weighted by molar-refractivity contribution is -0.123. The third-order valence-electron chi connectivity index (χ3n) is 6.16. The maximum atomic E-state index is 13.4. The lowest BCUT2D eigenvalue weighted by Gasteiger charge is -2.26. The lowest BCUT2D eigenvalue weighted by atomic mass is 10.0. The number of piperidine rings is 1. The molecule has 3 rings (SSSR count). The number of hydrogen-bond donors (Lipinski definition) is 3. The number of hydrogen-bond acceptors (Lipinski definition) is 6. The summed E-state index contributed by atoms with van der Waals surface area (Å²) in [6, 6.07) is 3.79. The number of benzene rings is 1. The van der Waals surface area contributed by atoms with E-state index in [0.29, 0.717) is 24.6 Å². The SMILES string of the molecule is CC(C)C[C@H](N)C(=O)NC1CCCCN(S(=O)(=O)c2ccc(OC3CCNCC3)c(Cl)c2)C1. The fourth-order valence-electron chi connectivity index (χ4n) is 4.35. The molecule has 0 saturated carbocycles. The highest BCUT2D eigenvalue weighted by molar-refractivity contribution is 7.89. The van der Waals surface area contributed by atoms with Crippen LogP contribution in [0.15, 0.2) is 23.1 Å². The lowest BCUT2D eigenvalue weighted by Crippen LogP contribution is -2.50. The van der Waals surface area contributed by atoms with Gasteiger partial charge in [-0.3, -0.25) is 4.79 Å². The Bertz CT molecular complexity index is 906. The van der Waals surface area contributed by atoms with Crippen LogP contribution in [0.3, 0.4) is 0 Å². The highest BCUT2D eigenvalue weighted by atomic mass is 35.5. The molecule has 1 unspecified atom stereocenters. The Labute approximate surface area is 202 Å². The first-order valence-electron chi connectivity index (χ1n) is 11.9. The molecule has 2 aliphatic rings. The van der Waals surface area contributed by atoms with Crippen LogP contribution in [0.2, 0.25) is 5.02 Å². The van der Waals surface area contributed by atoms with Gasteiger partial charge in [0.2, 0.25) is 15.9 Å². The van der Waals surface area contributed by atoms with Crippen LogP contribution in [0.25, 0.3) is 0 Å². The van der Waals surface area contributed by atoms with Gasteiger partial charge in [-0.15, -0.1) is 0 Å². The maximum Gasteiger partial charge on any atom is 0.243 e. The third kappa shape index (κ3) is 7.29. The second-order valence-electron chi connectivity index (χ2n) is 9.46. The van der Waals surface area contributed by atoms with E-state index in [2.05, 4.69) is 10.6 Å². The molecule has 0 aliphatic carbocycles. The van der Waals surface area contributed by atoms with E-state index in [9.17, 15) is 13.2 Å². The van der Waals surface area contributed by atoms with Crippen molar-refractivity contribution < 1.29 is 17.9 Å². The molecule has 2 heterocycles. The molecule has 0 aromatic heterocycles. The van der Waals surface area contributed by atoms with Gasteiger partial charge < -0.3 is 21.1 Å². The smallest absolute Gasteiger partial charge is 0.243 e. The van der Waals surface area contributed by atoms with Crippen molar-refractivity contribution in [2.45, 2.75) is 75.5 Å². The minimum atomic E-state index is -3.76. The molecule has 33 heavy (non-hydrogen) atoms. The maximum absolute atomic E-state index is 13.4. The molecule has 10 heteroatoms. The summed E-state index contributed by atoms with van der Waals surface area (Å²) in [7, 11) is -3.76. The second-order valence-corrected chi connectivity index (χ2v) is 11.8. The zero-order valence-electron chi connectivity index (χ0n) is 19.6. The van der Waals surface area contributed by atoms with E-state index < -0.39 is 16.1 Å². The average Bonchev–Trinajstić information content (AvgIpc) is 3.01. The Hall–Kier alpha value is -1.39. The van der Waals surface area contributed by atoms with Gasteiger partial charge in [-0.05, 0) is 69.3 Å². The predicted molar refractivity (Wildman–Crippen MR) is 130 cm³/mol.